The van der Waals surface area contributed by atoms with Crippen molar-refractivity contribution in [1.29, 1.82) is 0 Å². The molecule has 0 bridgehead atoms. The summed E-state index contributed by atoms with van der Waals surface area (Å²) in [6.07, 6.45) is 3.70. The minimum atomic E-state index is 0.0585. The van der Waals surface area contributed by atoms with Crippen LogP contribution in [0.4, 0.5) is 5.13 Å². The lowest BCUT2D eigenvalue weighted by Crippen LogP contribution is -2.32. The minimum absolute atomic E-state index is 0.0585. The summed E-state index contributed by atoms with van der Waals surface area (Å²) in [4.78, 5) is 37.9. The van der Waals surface area contributed by atoms with Crippen LogP contribution in [0, 0.1) is 0 Å². The number of amides is 2. The summed E-state index contributed by atoms with van der Waals surface area (Å²) in [6.45, 7) is 1.49. The third-order valence-electron chi connectivity index (χ3n) is 5.34. The van der Waals surface area contributed by atoms with Crippen LogP contribution < -0.4 is 4.90 Å². The smallest absolute Gasteiger partial charge is 0.229 e. The van der Waals surface area contributed by atoms with Crippen LogP contribution in [0.15, 0.2) is 29.6 Å². The van der Waals surface area contributed by atoms with Gasteiger partial charge < -0.3 is 4.90 Å². The average molecular weight is 413 g/mol. The normalized spacial score (nSPS) is 19.9. The number of nitrogens with zero attached hydrogens (tertiary/aromatic N) is 4. The molecule has 1 atom stereocenters. The molecule has 3 aromatic rings. The van der Waals surface area contributed by atoms with Crippen LogP contribution >= 0.6 is 22.7 Å². The molecule has 2 fully saturated rings. The lowest BCUT2D eigenvalue weighted by Gasteiger charge is -2.22. The van der Waals surface area contributed by atoms with E-state index < -0.39 is 0 Å². The Morgan fingerprint density at radius 2 is 2.07 bits per heavy atom. The van der Waals surface area contributed by atoms with Crippen molar-refractivity contribution in [2.24, 2.45) is 0 Å². The maximum atomic E-state index is 13.0. The van der Waals surface area contributed by atoms with Crippen LogP contribution in [0.2, 0.25) is 0 Å². The van der Waals surface area contributed by atoms with Crippen LogP contribution in [0.25, 0.3) is 10.2 Å². The van der Waals surface area contributed by atoms with Crippen LogP contribution in [0.5, 0.6) is 0 Å². The monoisotopic (exact) mass is 412 g/mol. The maximum absolute atomic E-state index is 13.0. The van der Waals surface area contributed by atoms with Gasteiger partial charge in [-0.3, -0.25) is 14.5 Å². The van der Waals surface area contributed by atoms with Gasteiger partial charge in [0.05, 0.1) is 28.4 Å². The van der Waals surface area contributed by atoms with Gasteiger partial charge in [-0.1, -0.05) is 12.1 Å². The summed E-state index contributed by atoms with van der Waals surface area (Å²) in [5, 5.41) is 3.64. The van der Waals surface area contributed by atoms with Crippen LogP contribution in [-0.4, -0.2) is 39.8 Å². The standard InChI is InChI=1S/C20H20N4O2S2/c25-17-8-4-10-24(17)20-21-13(12-27-20)11-18(26)23-9-3-6-15(23)19-22-14-5-1-2-7-16(14)28-19/h1-2,5,7,12,15H,3-4,6,8-11H2. The minimum Gasteiger partial charge on any atom is -0.333 e. The van der Waals surface area contributed by atoms with Gasteiger partial charge in [-0.25, -0.2) is 9.97 Å². The summed E-state index contributed by atoms with van der Waals surface area (Å²) < 4.78 is 1.16. The topological polar surface area (TPSA) is 66.4 Å². The largest absolute Gasteiger partial charge is 0.333 e. The van der Waals surface area contributed by atoms with E-state index >= 15 is 0 Å². The van der Waals surface area contributed by atoms with E-state index in [4.69, 9.17) is 4.98 Å². The van der Waals surface area contributed by atoms with Gasteiger partial charge in [0.25, 0.3) is 0 Å². The van der Waals surface area contributed by atoms with Gasteiger partial charge in [0.2, 0.25) is 11.8 Å². The van der Waals surface area contributed by atoms with Gasteiger partial charge in [0, 0.05) is 24.9 Å². The van der Waals surface area contributed by atoms with E-state index in [1.54, 1.807) is 16.2 Å². The molecule has 2 amide bonds. The zero-order valence-electron chi connectivity index (χ0n) is 15.3. The van der Waals surface area contributed by atoms with E-state index in [1.807, 2.05) is 28.5 Å². The van der Waals surface area contributed by atoms with Crippen molar-refractivity contribution >= 4 is 49.8 Å². The van der Waals surface area contributed by atoms with Crippen molar-refractivity contribution in [2.45, 2.75) is 38.1 Å². The summed E-state index contributed by atoms with van der Waals surface area (Å²) in [5.41, 5.74) is 1.75. The Hall–Kier alpha value is -2.32. The van der Waals surface area contributed by atoms with Crippen LogP contribution in [-0.2, 0) is 16.0 Å². The number of rotatable bonds is 4. The first kappa shape index (κ1) is 17.8. The third kappa shape index (κ3) is 3.20. The summed E-state index contributed by atoms with van der Waals surface area (Å²) in [6, 6.07) is 8.17. The number of hydrogen-bond donors (Lipinski definition) is 0. The predicted octanol–water partition coefficient (Wildman–Crippen LogP) is 3.79. The first-order valence-corrected chi connectivity index (χ1v) is 11.3. The molecule has 0 saturated carbocycles. The number of carbonyl (C=O) groups is 2. The maximum Gasteiger partial charge on any atom is 0.229 e. The van der Waals surface area contributed by atoms with Gasteiger partial charge in [-0.2, -0.15) is 0 Å². The first-order chi connectivity index (χ1) is 13.7. The van der Waals surface area contributed by atoms with Crippen molar-refractivity contribution in [3.05, 3.63) is 40.3 Å². The van der Waals surface area contributed by atoms with E-state index in [-0.39, 0.29) is 24.3 Å². The number of carbonyl (C=O) groups excluding carboxylic acids is 2. The molecular formula is C20H20N4O2S2. The molecule has 0 aliphatic carbocycles. The molecule has 1 aromatic carbocycles. The number of para-hydroxylation sites is 1. The van der Waals surface area contributed by atoms with Gasteiger partial charge in [-0.15, -0.1) is 22.7 Å². The Bertz CT molecular complexity index is 1010. The van der Waals surface area contributed by atoms with Crippen molar-refractivity contribution in [3.8, 4) is 0 Å². The second-order valence-corrected chi connectivity index (χ2v) is 9.11. The summed E-state index contributed by atoms with van der Waals surface area (Å²) >= 11 is 3.13. The predicted molar refractivity (Wildman–Crippen MR) is 111 cm³/mol. The number of thiazole rings is 2. The van der Waals surface area contributed by atoms with Crippen LogP contribution in [0.1, 0.15) is 42.4 Å². The lowest BCUT2D eigenvalue weighted by molar-refractivity contribution is -0.131. The number of hydrogen-bond acceptors (Lipinski definition) is 6. The highest BCUT2D eigenvalue weighted by atomic mass is 32.1. The number of benzene rings is 1. The molecule has 4 heterocycles. The zero-order valence-corrected chi connectivity index (χ0v) is 17.0. The van der Waals surface area contributed by atoms with Crippen LogP contribution in [0.3, 0.4) is 0 Å². The third-order valence-corrected chi connectivity index (χ3v) is 7.39. The second kappa shape index (κ2) is 7.25. The highest BCUT2D eigenvalue weighted by Crippen LogP contribution is 2.37. The number of aromatic nitrogens is 2. The molecule has 0 spiro atoms. The number of fused-ring (bicyclic) bond motifs is 1. The van der Waals surface area contributed by atoms with Gasteiger partial charge in [0.1, 0.15) is 5.01 Å². The van der Waals surface area contributed by atoms with E-state index in [0.717, 1.165) is 58.4 Å². The Morgan fingerprint density at radius 3 is 2.89 bits per heavy atom. The Morgan fingerprint density at radius 1 is 1.18 bits per heavy atom. The molecule has 5 rings (SSSR count). The quantitative estimate of drug-likeness (QED) is 0.654. The van der Waals surface area contributed by atoms with Crippen molar-refractivity contribution in [1.82, 2.24) is 14.9 Å². The first-order valence-electron chi connectivity index (χ1n) is 9.59. The molecule has 2 aliphatic rings. The summed E-state index contributed by atoms with van der Waals surface area (Å²) in [5.74, 6) is 0.217. The fraction of sp³-hybridized carbons (Fsp3) is 0.400. The van der Waals surface area contributed by atoms with E-state index in [0.29, 0.717) is 6.42 Å². The molecule has 2 saturated heterocycles. The molecular weight excluding hydrogens is 392 g/mol. The van der Waals surface area contributed by atoms with E-state index in [2.05, 4.69) is 11.1 Å². The molecule has 1 unspecified atom stereocenters. The lowest BCUT2D eigenvalue weighted by atomic mass is 10.2. The number of anilines is 1. The molecule has 144 valence electrons. The van der Waals surface area contributed by atoms with Gasteiger partial charge >= 0.3 is 0 Å². The second-order valence-electron chi connectivity index (χ2n) is 7.21. The molecule has 2 aromatic heterocycles. The highest BCUT2D eigenvalue weighted by Gasteiger charge is 2.32. The fourth-order valence-electron chi connectivity index (χ4n) is 3.96. The van der Waals surface area contributed by atoms with Gasteiger partial charge in [0.15, 0.2) is 5.13 Å². The molecule has 0 radical (unpaired) electrons. The Balaban J connectivity index is 1.32. The van der Waals surface area contributed by atoms with Crippen molar-refractivity contribution in [2.75, 3.05) is 18.0 Å². The van der Waals surface area contributed by atoms with E-state index in [9.17, 15) is 9.59 Å². The van der Waals surface area contributed by atoms with Crippen molar-refractivity contribution < 1.29 is 9.59 Å². The highest BCUT2D eigenvalue weighted by molar-refractivity contribution is 7.18. The Labute approximate surface area is 170 Å². The average Bonchev–Trinajstić information content (AvgIpc) is 3.47. The van der Waals surface area contributed by atoms with Crippen molar-refractivity contribution in [3.63, 3.8) is 0 Å². The zero-order chi connectivity index (χ0) is 19.1. The SMILES string of the molecule is O=C1CCCN1c1nc(CC(=O)N2CCCC2c2nc3ccccc3s2)cs1. The molecule has 8 heteroatoms. The fourth-order valence-corrected chi connectivity index (χ4v) is 5.95. The summed E-state index contributed by atoms with van der Waals surface area (Å²) in [7, 11) is 0. The number of likely N-dealkylation sites (tertiary alicyclic amines) is 1. The molecule has 6 nitrogen and oxygen atoms in total. The van der Waals surface area contributed by atoms with Gasteiger partial charge in [-0.05, 0) is 31.4 Å². The van der Waals surface area contributed by atoms with E-state index in [1.165, 1.54) is 11.3 Å². The Kier molecular flexibility index (Phi) is 4.60. The molecule has 0 N–H and O–H groups in total. The molecule has 28 heavy (non-hydrogen) atoms. The molecule has 2 aliphatic heterocycles.